The Kier molecular flexibility index (Phi) is 4.43. The van der Waals surface area contributed by atoms with Crippen molar-refractivity contribution in [3.63, 3.8) is 0 Å². The molecule has 0 aliphatic carbocycles. The molecule has 0 saturated carbocycles. The fourth-order valence-electron chi connectivity index (χ4n) is 3.21. The maximum Gasteiger partial charge on any atom is 0.271 e. The van der Waals surface area contributed by atoms with Crippen LogP contribution in [0, 0.1) is 11.7 Å². The van der Waals surface area contributed by atoms with Crippen molar-refractivity contribution in [2.45, 2.75) is 6.42 Å². The van der Waals surface area contributed by atoms with Crippen LogP contribution >= 0.6 is 0 Å². The molecule has 0 spiro atoms. The Bertz CT molecular complexity index is 873. The number of nitrogens with zero attached hydrogens (tertiary/aromatic N) is 2. The third-order valence-corrected chi connectivity index (χ3v) is 4.63. The molecule has 1 amide bonds. The molecule has 2 N–H and O–H groups in total. The second-order valence-corrected chi connectivity index (χ2v) is 6.43. The highest BCUT2D eigenvalue weighted by Gasteiger charge is 2.23. The Morgan fingerprint density at radius 3 is 2.96 bits per heavy atom. The van der Waals surface area contributed by atoms with Crippen LogP contribution in [-0.4, -0.2) is 35.7 Å². The first-order valence-corrected chi connectivity index (χ1v) is 8.57. The van der Waals surface area contributed by atoms with Crippen molar-refractivity contribution < 1.29 is 13.6 Å². The average Bonchev–Trinajstić information content (AvgIpc) is 3.41. The number of anilines is 1. The van der Waals surface area contributed by atoms with Gasteiger partial charge in [0.1, 0.15) is 11.5 Å². The molecule has 6 nitrogen and oxygen atoms in total. The second-order valence-electron chi connectivity index (χ2n) is 6.43. The molecule has 26 heavy (non-hydrogen) atoms. The molecule has 4 rings (SSSR count). The fourth-order valence-corrected chi connectivity index (χ4v) is 3.21. The standard InChI is InChI=1S/C19H19FN4O2/c20-14-3-5-15(6-4-14)24-8-7-13(12-24)11-21-19(25)17-10-16(22-23-17)18-2-1-9-26-18/h1-6,9-10,13H,7-8,11-12H2,(H,21,25)(H,22,23). The van der Waals surface area contributed by atoms with Gasteiger partial charge in [0.25, 0.3) is 5.91 Å². The van der Waals surface area contributed by atoms with Crippen molar-refractivity contribution in [2.75, 3.05) is 24.5 Å². The number of aromatic amines is 1. The van der Waals surface area contributed by atoms with E-state index in [9.17, 15) is 9.18 Å². The molecule has 7 heteroatoms. The van der Waals surface area contributed by atoms with E-state index in [1.807, 2.05) is 0 Å². The van der Waals surface area contributed by atoms with Crippen molar-refractivity contribution in [1.29, 1.82) is 0 Å². The van der Waals surface area contributed by atoms with Crippen LogP contribution in [0.3, 0.4) is 0 Å². The molecule has 1 aromatic carbocycles. The molecule has 1 unspecified atom stereocenters. The summed E-state index contributed by atoms with van der Waals surface area (Å²) in [6, 6.07) is 11.8. The Morgan fingerprint density at radius 2 is 2.19 bits per heavy atom. The minimum Gasteiger partial charge on any atom is -0.463 e. The number of furan rings is 1. The van der Waals surface area contributed by atoms with Crippen LogP contribution in [0.4, 0.5) is 10.1 Å². The Morgan fingerprint density at radius 1 is 1.35 bits per heavy atom. The van der Waals surface area contributed by atoms with E-state index in [0.717, 1.165) is 25.2 Å². The van der Waals surface area contributed by atoms with Crippen LogP contribution in [0.25, 0.3) is 11.5 Å². The van der Waals surface area contributed by atoms with E-state index in [4.69, 9.17) is 4.42 Å². The van der Waals surface area contributed by atoms with Gasteiger partial charge in [-0.1, -0.05) is 0 Å². The lowest BCUT2D eigenvalue weighted by molar-refractivity contribution is 0.0943. The molecule has 2 aromatic heterocycles. The van der Waals surface area contributed by atoms with Gasteiger partial charge < -0.3 is 14.6 Å². The van der Waals surface area contributed by atoms with E-state index in [1.165, 1.54) is 12.1 Å². The van der Waals surface area contributed by atoms with E-state index in [1.54, 1.807) is 36.6 Å². The quantitative estimate of drug-likeness (QED) is 0.738. The molecule has 3 heterocycles. The van der Waals surface area contributed by atoms with Crippen molar-refractivity contribution in [3.8, 4) is 11.5 Å². The third kappa shape index (κ3) is 3.46. The van der Waals surface area contributed by atoms with Gasteiger partial charge in [0, 0.05) is 31.4 Å². The summed E-state index contributed by atoms with van der Waals surface area (Å²) in [6.45, 7) is 2.32. The normalized spacial score (nSPS) is 16.8. The highest BCUT2D eigenvalue weighted by molar-refractivity contribution is 5.93. The topological polar surface area (TPSA) is 74.2 Å². The predicted molar refractivity (Wildman–Crippen MR) is 95.3 cm³/mol. The summed E-state index contributed by atoms with van der Waals surface area (Å²) in [5, 5.41) is 9.79. The zero-order chi connectivity index (χ0) is 17.9. The van der Waals surface area contributed by atoms with Gasteiger partial charge >= 0.3 is 0 Å². The number of benzene rings is 1. The zero-order valence-corrected chi connectivity index (χ0v) is 14.1. The maximum atomic E-state index is 13.0. The maximum absolute atomic E-state index is 13.0. The van der Waals surface area contributed by atoms with Gasteiger partial charge in [-0.15, -0.1) is 0 Å². The van der Waals surface area contributed by atoms with Crippen molar-refractivity contribution in [1.82, 2.24) is 15.5 Å². The SMILES string of the molecule is O=C(NCC1CCN(c2ccc(F)cc2)C1)c1cc(-c2ccco2)[nH]n1. The number of H-pyrrole nitrogens is 1. The summed E-state index contributed by atoms with van der Waals surface area (Å²) in [6.07, 6.45) is 2.55. The summed E-state index contributed by atoms with van der Waals surface area (Å²) >= 11 is 0. The lowest BCUT2D eigenvalue weighted by Crippen LogP contribution is -2.31. The van der Waals surface area contributed by atoms with Crippen LogP contribution in [-0.2, 0) is 0 Å². The van der Waals surface area contributed by atoms with Crippen molar-refractivity contribution in [3.05, 3.63) is 60.2 Å². The first-order chi connectivity index (χ1) is 12.7. The van der Waals surface area contributed by atoms with Crippen LogP contribution in [0.15, 0.2) is 53.1 Å². The molecule has 0 bridgehead atoms. The highest BCUT2D eigenvalue weighted by Crippen LogP contribution is 2.24. The number of carbonyl (C=O) groups excluding carboxylic acids is 1. The fraction of sp³-hybridized carbons (Fsp3) is 0.263. The number of hydrogen-bond donors (Lipinski definition) is 2. The van der Waals surface area contributed by atoms with Crippen LogP contribution in [0.5, 0.6) is 0 Å². The van der Waals surface area contributed by atoms with E-state index in [0.29, 0.717) is 29.6 Å². The van der Waals surface area contributed by atoms with E-state index < -0.39 is 0 Å². The summed E-state index contributed by atoms with van der Waals surface area (Å²) in [5.74, 6) is 0.554. The Balaban J connectivity index is 1.30. The second kappa shape index (κ2) is 7.03. The van der Waals surface area contributed by atoms with Gasteiger partial charge in [-0.25, -0.2) is 4.39 Å². The lowest BCUT2D eigenvalue weighted by Gasteiger charge is -2.18. The average molecular weight is 354 g/mol. The molecular formula is C19H19FN4O2. The molecule has 1 atom stereocenters. The third-order valence-electron chi connectivity index (χ3n) is 4.63. The Hall–Kier alpha value is -3.09. The highest BCUT2D eigenvalue weighted by atomic mass is 19.1. The molecule has 1 aliphatic rings. The molecule has 1 fully saturated rings. The van der Waals surface area contributed by atoms with Crippen LogP contribution < -0.4 is 10.2 Å². The number of rotatable bonds is 5. The molecule has 3 aromatic rings. The molecule has 1 aliphatic heterocycles. The van der Waals surface area contributed by atoms with Crippen molar-refractivity contribution in [2.24, 2.45) is 5.92 Å². The predicted octanol–water partition coefficient (Wildman–Crippen LogP) is 3.07. The molecule has 0 radical (unpaired) electrons. The lowest BCUT2D eigenvalue weighted by atomic mass is 10.1. The monoisotopic (exact) mass is 354 g/mol. The summed E-state index contributed by atoms with van der Waals surface area (Å²) < 4.78 is 18.3. The number of carbonyl (C=O) groups is 1. The number of aromatic nitrogens is 2. The zero-order valence-electron chi connectivity index (χ0n) is 14.1. The van der Waals surface area contributed by atoms with Crippen LogP contribution in [0.2, 0.25) is 0 Å². The summed E-state index contributed by atoms with van der Waals surface area (Å²) in [5.41, 5.74) is 2.02. The largest absolute Gasteiger partial charge is 0.463 e. The number of amides is 1. The molecular weight excluding hydrogens is 335 g/mol. The van der Waals surface area contributed by atoms with Gasteiger partial charge in [0.15, 0.2) is 11.5 Å². The molecule has 1 saturated heterocycles. The first kappa shape index (κ1) is 16.4. The number of nitrogens with one attached hydrogen (secondary N) is 2. The number of hydrogen-bond acceptors (Lipinski definition) is 4. The van der Waals surface area contributed by atoms with E-state index in [-0.39, 0.29) is 11.7 Å². The Labute approximate surface area is 150 Å². The van der Waals surface area contributed by atoms with E-state index >= 15 is 0 Å². The van der Waals surface area contributed by atoms with Gasteiger partial charge in [0.05, 0.1) is 6.26 Å². The minimum absolute atomic E-state index is 0.209. The van der Waals surface area contributed by atoms with Crippen molar-refractivity contribution >= 4 is 11.6 Å². The van der Waals surface area contributed by atoms with Crippen LogP contribution in [0.1, 0.15) is 16.9 Å². The van der Waals surface area contributed by atoms with E-state index in [2.05, 4.69) is 20.4 Å². The van der Waals surface area contributed by atoms with Gasteiger partial charge in [0.2, 0.25) is 0 Å². The van der Waals surface area contributed by atoms with Gasteiger partial charge in [-0.3, -0.25) is 9.89 Å². The summed E-state index contributed by atoms with van der Waals surface area (Å²) in [7, 11) is 0. The molecule has 134 valence electrons. The van der Waals surface area contributed by atoms with Gasteiger partial charge in [-0.05, 0) is 48.7 Å². The summed E-state index contributed by atoms with van der Waals surface area (Å²) in [4.78, 5) is 14.5. The number of halogens is 1. The smallest absolute Gasteiger partial charge is 0.271 e. The first-order valence-electron chi connectivity index (χ1n) is 8.57. The van der Waals surface area contributed by atoms with Gasteiger partial charge in [-0.2, -0.15) is 5.10 Å². The minimum atomic E-state index is -0.232.